The maximum Gasteiger partial charge on any atom is 0.257 e. The van der Waals surface area contributed by atoms with Gasteiger partial charge < -0.3 is 0 Å². The number of hydrogen-bond donors (Lipinski definition) is 0. The minimum Gasteiger partial charge on any atom is -0.206 e. The molecule has 1 radical (unpaired) electrons. The van der Waals surface area contributed by atoms with Crippen LogP contribution in [-0.4, -0.2) is 6.43 Å². The molecule has 0 aromatic heterocycles. The zero-order valence-electron chi connectivity index (χ0n) is 3.20. The number of rotatable bonds is 1. The van der Waals surface area contributed by atoms with E-state index < -0.39 is 6.43 Å². The summed E-state index contributed by atoms with van der Waals surface area (Å²) in [5.74, 6) is 0. The van der Waals surface area contributed by atoms with Crippen molar-refractivity contribution in [3.8, 4) is 0 Å². The smallest absolute Gasteiger partial charge is 0.206 e. The summed E-state index contributed by atoms with van der Waals surface area (Å²) in [4.78, 5) is 0. The second kappa shape index (κ2) is 2.82. The van der Waals surface area contributed by atoms with Crippen LogP contribution in [0.25, 0.3) is 0 Å². The molecule has 6 heavy (non-hydrogen) atoms. The van der Waals surface area contributed by atoms with E-state index in [0.717, 1.165) is 12.2 Å². The Morgan fingerprint density at radius 3 is 2.00 bits per heavy atom. The van der Waals surface area contributed by atoms with Crippen LogP contribution in [-0.2, 0) is 0 Å². The third-order valence-corrected chi connectivity index (χ3v) is 0.282. The van der Waals surface area contributed by atoms with Crippen molar-refractivity contribution in [2.24, 2.45) is 0 Å². The maximum atomic E-state index is 10.9. The highest BCUT2D eigenvalue weighted by Gasteiger charge is 1.87. The summed E-state index contributed by atoms with van der Waals surface area (Å²) in [6.07, 6.45) is -0.549. The third-order valence-electron chi connectivity index (χ3n) is 0.282. The van der Waals surface area contributed by atoms with Crippen LogP contribution in [0.3, 0.4) is 0 Å². The van der Waals surface area contributed by atoms with E-state index in [-0.39, 0.29) is 0 Å². The molecule has 0 aromatic rings. The summed E-state index contributed by atoms with van der Waals surface area (Å²) in [5.41, 5.74) is 0. The van der Waals surface area contributed by atoms with E-state index in [1.807, 2.05) is 0 Å². The molecule has 0 saturated heterocycles. The summed E-state index contributed by atoms with van der Waals surface area (Å²) in [5, 5.41) is 0. The van der Waals surface area contributed by atoms with Crippen LogP contribution >= 0.6 is 0 Å². The SMILES string of the molecule is [CH2]C=CC(F)F. The number of halogens is 2. The van der Waals surface area contributed by atoms with Gasteiger partial charge in [-0.3, -0.25) is 0 Å². The highest BCUT2D eigenvalue weighted by Crippen LogP contribution is 1.90. The van der Waals surface area contributed by atoms with Crippen molar-refractivity contribution >= 4 is 0 Å². The Hall–Kier alpha value is -0.400. The fourth-order valence-electron chi connectivity index (χ4n) is 0.103. The van der Waals surface area contributed by atoms with Crippen molar-refractivity contribution in [2.75, 3.05) is 0 Å². The molecule has 0 aliphatic rings. The second-order valence-corrected chi connectivity index (χ2v) is 0.763. The van der Waals surface area contributed by atoms with Gasteiger partial charge in [0.05, 0.1) is 0 Å². The summed E-state index contributed by atoms with van der Waals surface area (Å²) < 4.78 is 21.8. The molecule has 0 aliphatic heterocycles. The van der Waals surface area contributed by atoms with Crippen LogP contribution in [0.4, 0.5) is 8.78 Å². The van der Waals surface area contributed by atoms with Crippen molar-refractivity contribution < 1.29 is 8.78 Å². The molecule has 0 fully saturated rings. The number of hydrogen-bond acceptors (Lipinski definition) is 0. The molecule has 0 atom stereocenters. The Labute approximate surface area is 35.5 Å². The highest BCUT2D eigenvalue weighted by atomic mass is 19.3. The lowest BCUT2D eigenvalue weighted by Gasteiger charge is -1.78. The van der Waals surface area contributed by atoms with Crippen molar-refractivity contribution in [3.05, 3.63) is 19.1 Å². The predicted molar refractivity (Wildman–Crippen MR) is 20.5 cm³/mol. The topological polar surface area (TPSA) is 0 Å². The fraction of sp³-hybridized carbons (Fsp3) is 0.250. The van der Waals surface area contributed by atoms with Crippen LogP contribution in [0.2, 0.25) is 0 Å². The lowest BCUT2D eigenvalue weighted by molar-refractivity contribution is 0.204. The third kappa shape index (κ3) is 3.60. The molecule has 0 aliphatic carbocycles. The van der Waals surface area contributed by atoms with Gasteiger partial charge in [0.15, 0.2) is 0 Å². The maximum absolute atomic E-state index is 10.9. The van der Waals surface area contributed by atoms with Gasteiger partial charge in [-0.05, 0) is 13.0 Å². The predicted octanol–water partition coefficient (Wildman–Crippen LogP) is 1.64. The molecule has 0 unspecified atom stereocenters. The van der Waals surface area contributed by atoms with Crippen LogP contribution < -0.4 is 0 Å². The van der Waals surface area contributed by atoms with E-state index in [9.17, 15) is 8.78 Å². The van der Waals surface area contributed by atoms with E-state index >= 15 is 0 Å². The van der Waals surface area contributed by atoms with Gasteiger partial charge in [-0.25, -0.2) is 8.78 Å². The van der Waals surface area contributed by atoms with Gasteiger partial charge in [0.1, 0.15) is 0 Å². The minimum absolute atomic E-state index is 0.722. The Morgan fingerprint density at radius 1 is 1.50 bits per heavy atom. The first-order valence-electron chi connectivity index (χ1n) is 1.51. The van der Waals surface area contributed by atoms with Crippen LogP contribution in [0, 0.1) is 6.92 Å². The molecule has 2 heteroatoms. The van der Waals surface area contributed by atoms with Gasteiger partial charge in [-0.1, -0.05) is 6.08 Å². The molecule has 0 N–H and O–H groups in total. The molecule has 35 valence electrons. The highest BCUT2D eigenvalue weighted by molar-refractivity contribution is 4.85. The van der Waals surface area contributed by atoms with E-state index in [1.165, 1.54) is 0 Å². The average Bonchev–Trinajstić information content (AvgIpc) is 1.35. The largest absolute Gasteiger partial charge is 0.257 e. The summed E-state index contributed by atoms with van der Waals surface area (Å²) in [6.45, 7) is 3.07. The fourth-order valence-corrected chi connectivity index (χ4v) is 0.103. The van der Waals surface area contributed by atoms with Gasteiger partial charge in [0.25, 0.3) is 6.43 Å². The zero-order chi connectivity index (χ0) is 4.99. The monoisotopic (exact) mass is 91.0 g/mol. The first-order valence-corrected chi connectivity index (χ1v) is 1.51. The molecular formula is C4H5F2. The van der Waals surface area contributed by atoms with E-state index in [0.29, 0.717) is 0 Å². The average molecular weight is 91.1 g/mol. The standard InChI is InChI=1S/C4H5F2/c1-2-3-4(5)6/h2-4H,1H2. The normalized spacial score (nSPS) is 11.3. The van der Waals surface area contributed by atoms with Crippen LogP contribution in [0.15, 0.2) is 12.2 Å². The summed E-state index contributed by atoms with van der Waals surface area (Å²) in [6, 6.07) is 0. The Morgan fingerprint density at radius 2 is 2.00 bits per heavy atom. The summed E-state index contributed by atoms with van der Waals surface area (Å²) in [7, 11) is 0. The molecule has 0 saturated carbocycles. The van der Waals surface area contributed by atoms with Crippen molar-refractivity contribution in [3.63, 3.8) is 0 Å². The Bertz CT molecular complexity index is 47.5. The number of allylic oxidation sites excluding steroid dienone is 2. The number of alkyl halides is 2. The van der Waals surface area contributed by atoms with E-state index in [1.54, 1.807) is 0 Å². The van der Waals surface area contributed by atoms with Gasteiger partial charge in [0, 0.05) is 0 Å². The van der Waals surface area contributed by atoms with E-state index in [4.69, 9.17) is 0 Å². The van der Waals surface area contributed by atoms with Crippen molar-refractivity contribution in [1.82, 2.24) is 0 Å². The first-order chi connectivity index (χ1) is 2.77. The molecule has 0 nitrogen and oxygen atoms in total. The van der Waals surface area contributed by atoms with Gasteiger partial charge in [-0.15, -0.1) is 0 Å². The zero-order valence-corrected chi connectivity index (χ0v) is 3.20. The van der Waals surface area contributed by atoms with Gasteiger partial charge in [0.2, 0.25) is 0 Å². The molecule has 0 spiro atoms. The molecule has 0 amide bonds. The lowest BCUT2D eigenvalue weighted by Crippen LogP contribution is -1.76. The molecule has 0 heterocycles. The minimum atomic E-state index is -2.34. The Kier molecular flexibility index (Phi) is 2.63. The lowest BCUT2D eigenvalue weighted by atomic mass is 10.6. The molecular weight excluding hydrogens is 86.0 g/mol. The molecule has 0 rings (SSSR count). The quantitative estimate of drug-likeness (QED) is 0.460. The van der Waals surface area contributed by atoms with Crippen LogP contribution in [0.1, 0.15) is 0 Å². The van der Waals surface area contributed by atoms with Gasteiger partial charge >= 0.3 is 0 Å². The molecule has 0 aromatic carbocycles. The first kappa shape index (κ1) is 5.60. The van der Waals surface area contributed by atoms with E-state index in [2.05, 4.69) is 6.92 Å². The molecule has 0 bridgehead atoms. The summed E-state index contributed by atoms with van der Waals surface area (Å²) >= 11 is 0. The van der Waals surface area contributed by atoms with Crippen molar-refractivity contribution in [2.45, 2.75) is 6.43 Å². The van der Waals surface area contributed by atoms with Crippen molar-refractivity contribution in [1.29, 1.82) is 0 Å². The van der Waals surface area contributed by atoms with Crippen LogP contribution in [0.5, 0.6) is 0 Å². The second-order valence-electron chi connectivity index (χ2n) is 0.763. The van der Waals surface area contributed by atoms with Gasteiger partial charge in [-0.2, -0.15) is 0 Å². The Balaban J connectivity index is 3.03.